The van der Waals surface area contributed by atoms with Crippen LogP contribution >= 0.6 is 39.5 Å². The summed E-state index contributed by atoms with van der Waals surface area (Å²) in [6.07, 6.45) is 0.174. The second kappa shape index (κ2) is 8.87. The van der Waals surface area contributed by atoms with Crippen molar-refractivity contribution >= 4 is 57.2 Å². The van der Waals surface area contributed by atoms with Crippen molar-refractivity contribution in [3.8, 4) is 0 Å². The second-order valence-electron chi connectivity index (χ2n) is 6.75. The van der Waals surface area contributed by atoms with Gasteiger partial charge in [0.15, 0.2) is 0 Å². The van der Waals surface area contributed by atoms with Gasteiger partial charge in [-0.05, 0) is 23.8 Å². The van der Waals surface area contributed by atoms with Crippen molar-refractivity contribution in [3.63, 3.8) is 0 Å². The van der Waals surface area contributed by atoms with Crippen LogP contribution in [-0.2, 0) is 20.8 Å². The van der Waals surface area contributed by atoms with E-state index >= 15 is 0 Å². The lowest BCUT2D eigenvalue weighted by Gasteiger charge is -2.49. The van der Waals surface area contributed by atoms with Crippen molar-refractivity contribution in [2.75, 3.05) is 5.75 Å². The van der Waals surface area contributed by atoms with Crippen LogP contribution in [0.3, 0.4) is 0 Å². The Kier molecular flexibility index (Phi) is 6.21. The highest BCUT2D eigenvalue weighted by atomic mass is 79.9. The highest BCUT2D eigenvalue weighted by Crippen LogP contribution is 2.45. The Balaban J connectivity index is 1.49. The zero-order valence-electron chi connectivity index (χ0n) is 15.6. The number of β-lactam (4-membered cyclic amide) rings is 1. The van der Waals surface area contributed by atoms with Crippen LogP contribution in [-0.4, -0.2) is 45.0 Å². The molecule has 1 fully saturated rings. The van der Waals surface area contributed by atoms with Gasteiger partial charge in [-0.2, -0.15) is 0 Å². The predicted octanol–water partition coefficient (Wildman–Crippen LogP) is 3.48. The molecule has 9 heteroatoms. The highest BCUT2D eigenvalue weighted by molar-refractivity contribution is 9.10. The van der Waals surface area contributed by atoms with Gasteiger partial charge in [0.05, 0.1) is 6.42 Å². The Morgan fingerprint density at radius 1 is 1.20 bits per heavy atom. The lowest BCUT2D eigenvalue weighted by Crippen LogP contribution is -2.70. The minimum absolute atomic E-state index is 0.00211. The number of aliphatic carboxylic acids is 1. The molecule has 30 heavy (non-hydrogen) atoms. The van der Waals surface area contributed by atoms with E-state index < -0.39 is 23.3 Å². The number of amides is 2. The first-order valence-corrected chi connectivity index (χ1v) is 11.8. The molecule has 2 aliphatic rings. The van der Waals surface area contributed by atoms with Gasteiger partial charge in [0, 0.05) is 20.0 Å². The zero-order valence-corrected chi connectivity index (χ0v) is 18.8. The van der Waals surface area contributed by atoms with E-state index in [1.807, 2.05) is 54.6 Å². The number of rotatable bonds is 6. The molecule has 2 aromatic rings. The first-order valence-electron chi connectivity index (χ1n) is 9.12. The number of hydrogen-bond donors (Lipinski definition) is 2. The molecule has 2 aromatic carbocycles. The van der Waals surface area contributed by atoms with Gasteiger partial charge in [0.1, 0.15) is 17.1 Å². The molecule has 2 heterocycles. The fraction of sp³-hybridized carbons (Fsp3) is 0.190. The van der Waals surface area contributed by atoms with Gasteiger partial charge in [-0.1, -0.05) is 64.1 Å². The number of carbonyl (C=O) groups excluding carboxylic acids is 2. The van der Waals surface area contributed by atoms with E-state index in [9.17, 15) is 19.5 Å². The van der Waals surface area contributed by atoms with Gasteiger partial charge < -0.3 is 10.4 Å². The maximum Gasteiger partial charge on any atom is 0.353 e. The molecule has 154 valence electrons. The molecule has 0 bridgehead atoms. The average molecular weight is 505 g/mol. The van der Waals surface area contributed by atoms with Crippen molar-refractivity contribution in [2.24, 2.45) is 0 Å². The van der Waals surface area contributed by atoms with Crippen molar-refractivity contribution < 1.29 is 19.5 Å². The minimum atomic E-state index is -1.14. The van der Waals surface area contributed by atoms with E-state index in [4.69, 9.17) is 0 Å². The van der Waals surface area contributed by atoms with Crippen LogP contribution in [0.5, 0.6) is 0 Å². The van der Waals surface area contributed by atoms with Crippen molar-refractivity contribution in [2.45, 2.75) is 22.7 Å². The van der Waals surface area contributed by atoms with E-state index in [2.05, 4.69) is 21.2 Å². The van der Waals surface area contributed by atoms with Crippen LogP contribution in [0.4, 0.5) is 0 Å². The average Bonchev–Trinajstić information content (AvgIpc) is 2.72. The van der Waals surface area contributed by atoms with Gasteiger partial charge in [-0.15, -0.1) is 11.8 Å². The molecular formula is C21H17BrN2O4S2. The zero-order chi connectivity index (χ0) is 21.3. The lowest BCUT2D eigenvalue weighted by atomic mass is 10.0. The molecule has 2 aliphatic heterocycles. The molecule has 0 unspecified atom stereocenters. The number of nitrogens with zero attached hydrogens (tertiary/aromatic N) is 1. The standard InChI is InChI=1S/C21H17BrN2O4S2/c22-13-7-4-8-14(10-13)30-15-11-29-20-17(19(26)24(20)18(15)21(27)28)23-16(25)9-12-5-2-1-3-6-12/h1-8,10,17,20H,9,11H2,(H,23,25)(H,27,28)/t17-,20-/m1/s1. The monoisotopic (exact) mass is 504 g/mol. The number of fused-ring (bicyclic) bond motifs is 1. The molecule has 2 atom stereocenters. The SMILES string of the molecule is O=C(Cc1ccccc1)N[C@@H]1C(=O)N2C(C(=O)O)=C(Sc3cccc(Br)c3)CS[C@H]12. The Bertz CT molecular complexity index is 1040. The van der Waals surface area contributed by atoms with Crippen LogP contribution in [0, 0.1) is 0 Å². The molecule has 2 N–H and O–H groups in total. The number of hydrogen-bond acceptors (Lipinski definition) is 5. The number of thioether (sulfide) groups is 2. The van der Waals surface area contributed by atoms with E-state index in [0.717, 1.165) is 14.9 Å². The Morgan fingerprint density at radius 3 is 2.67 bits per heavy atom. The van der Waals surface area contributed by atoms with Gasteiger partial charge in [0.25, 0.3) is 5.91 Å². The van der Waals surface area contributed by atoms with Crippen molar-refractivity contribution in [3.05, 3.63) is 75.2 Å². The van der Waals surface area contributed by atoms with E-state index in [1.165, 1.54) is 28.4 Å². The number of carbonyl (C=O) groups is 3. The van der Waals surface area contributed by atoms with Crippen LogP contribution < -0.4 is 5.32 Å². The maximum atomic E-state index is 12.7. The number of carboxylic acid groups (broad SMARTS) is 1. The summed E-state index contributed by atoms with van der Waals surface area (Å²) in [7, 11) is 0. The Labute approximate surface area is 190 Å². The second-order valence-corrected chi connectivity index (χ2v) is 9.94. The molecule has 4 rings (SSSR count). The molecule has 0 aromatic heterocycles. The van der Waals surface area contributed by atoms with Gasteiger partial charge in [-0.25, -0.2) is 4.79 Å². The van der Waals surface area contributed by atoms with Crippen LogP contribution in [0.2, 0.25) is 0 Å². The number of benzene rings is 2. The lowest BCUT2D eigenvalue weighted by molar-refractivity contribution is -0.150. The maximum absolute atomic E-state index is 12.7. The van der Waals surface area contributed by atoms with Gasteiger partial charge in [0.2, 0.25) is 5.91 Å². The molecule has 0 saturated carbocycles. The topological polar surface area (TPSA) is 86.7 Å². The molecule has 0 aliphatic carbocycles. The predicted molar refractivity (Wildman–Crippen MR) is 120 cm³/mol. The summed E-state index contributed by atoms with van der Waals surface area (Å²) in [6.45, 7) is 0. The van der Waals surface area contributed by atoms with Crippen molar-refractivity contribution in [1.29, 1.82) is 0 Å². The smallest absolute Gasteiger partial charge is 0.353 e. The minimum Gasteiger partial charge on any atom is -0.477 e. The van der Waals surface area contributed by atoms with Crippen LogP contribution in [0.15, 0.2) is 74.6 Å². The summed E-state index contributed by atoms with van der Waals surface area (Å²) in [5.74, 6) is -1.33. The summed E-state index contributed by atoms with van der Waals surface area (Å²) in [5, 5.41) is 12.1. The largest absolute Gasteiger partial charge is 0.477 e. The van der Waals surface area contributed by atoms with Crippen molar-refractivity contribution in [1.82, 2.24) is 10.2 Å². The Morgan fingerprint density at radius 2 is 1.97 bits per heavy atom. The molecule has 0 spiro atoms. The summed E-state index contributed by atoms with van der Waals surface area (Å²) >= 11 is 6.21. The van der Waals surface area contributed by atoms with E-state index in [0.29, 0.717) is 10.7 Å². The Hall–Kier alpha value is -2.23. The third-order valence-electron chi connectivity index (χ3n) is 4.70. The molecule has 1 saturated heterocycles. The number of halogens is 1. The normalized spacial score (nSPS) is 20.4. The molecule has 0 radical (unpaired) electrons. The number of nitrogens with one attached hydrogen (secondary N) is 1. The number of carboxylic acids is 1. The fourth-order valence-electron chi connectivity index (χ4n) is 3.35. The highest BCUT2D eigenvalue weighted by Gasteiger charge is 2.54. The molecule has 6 nitrogen and oxygen atoms in total. The summed E-state index contributed by atoms with van der Waals surface area (Å²) in [4.78, 5) is 39.8. The van der Waals surface area contributed by atoms with Crippen LogP contribution in [0.1, 0.15) is 5.56 Å². The summed E-state index contributed by atoms with van der Waals surface area (Å²) in [6, 6.07) is 16.1. The van der Waals surface area contributed by atoms with E-state index in [1.54, 1.807) is 0 Å². The van der Waals surface area contributed by atoms with E-state index in [-0.39, 0.29) is 18.0 Å². The van der Waals surface area contributed by atoms with Gasteiger partial charge in [-0.3, -0.25) is 14.5 Å². The van der Waals surface area contributed by atoms with Gasteiger partial charge >= 0.3 is 5.97 Å². The van der Waals surface area contributed by atoms with Crippen LogP contribution in [0.25, 0.3) is 0 Å². The molecule has 2 amide bonds. The summed E-state index contributed by atoms with van der Waals surface area (Å²) < 4.78 is 0.896. The first kappa shape index (κ1) is 21.0. The third kappa shape index (κ3) is 4.28. The third-order valence-corrected chi connectivity index (χ3v) is 7.73. The summed E-state index contributed by atoms with van der Waals surface area (Å²) in [5.41, 5.74) is 0.857. The fourth-order valence-corrected chi connectivity index (χ4v) is 6.43. The quantitative estimate of drug-likeness (QED) is 0.585. The first-order chi connectivity index (χ1) is 14.4. The molecular weight excluding hydrogens is 488 g/mol.